The van der Waals surface area contributed by atoms with Crippen LogP contribution in [0.5, 0.6) is 0 Å². The molecule has 1 atom stereocenters. The minimum Gasteiger partial charge on any atom is -0.481 e. The van der Waals surface area contributed by atoms with E-state index in [2.05, 4.69) is 0 Å². The molecule has 1 heterocycles. The lowest BCUT2D eigenvalue weighted by molar-refractivity contribution is -0.137. The summed E-state index contributed by atoms with van der Waals surface area (Å²) in [5.74, 6) is -0.471. The van der Waals surface area contributed by atoms with Crippen LogP contribution in [0.15, 0.2) is 34.7 Å². The maximum Gasteiger partial charge on any atom is 0.304 e. The quantitative estimate of drug-likeness (QED) is 0.908. The summed E-state index contributed by atoms with van der Waals surface area (Å²) in [4.78, 5) is 10.6. The lowest BCUT2D eigenvalue weighted by Crippen LogP contribution is -2.01. The highest BCUT2D eigenvalue weighted by atomic mass is 35.5. The zero-order valence-corrected chi connectivity index (χ0v) is 10.9. The second-order valence-corrected chi connectivity index (χ2v) is 4.74. The molecule has 1 aromatic carbocycles. The van der Waals surface area contributed by atoms with Gasteiger partial charge in [-0.15, -0.1) is 0 Å². The lowest BCUT2D eigenvalue weighted by Gasteiger charge is -2.04. The fraction of sp³-hybridized carbons (Fsp3) is 0.214. The van der Waals surface area contributed by atoms with Crippen molar-refractivity contribution in [2.24, 2.45) is 0 Å². The van der Waals surface area contributed by atoms with Crippen LogP contribution in [0.3, 0.4) is 0 Å². The first-order valence-electron chi connectivity index (χ1n) is 5.74. The number of hydrogen-bond donors (Lipinski definition) is 1. The molecule has 3 nitrogen and oxygen atoms in total. The Balaban J connectivity index is 2.25. The largest absolute Gasteiger partial charge is 0.481 e. The van der Waals surface area contributed by atoms with E-state index in [0.29, 0.717) is 17.1 Å². The molecule has 0 aliphatic carbocycles. The molecule has 100 valence electrons. The molecule has 1 unspecified atom stereocenters. The van der Waals surface area contributed by atoms with Gasteiger partial charge in [0, 0.05) is 11.5 Å². The molecule has 0 spiro atoms. The molecule has 1 N–H and O–H groups in total. The normalized spacial score (nSPS) is 12.4. The third-order valence-electron chi connectivity index (χ3n) is 2.80. The Morgan fingerprint density at radius 2 is 2.16 bits per heavy atom. The summed E-state index contributed by atoms with van der Waals surface area (Å²) in [6.45, 7) is 1.77. The van der Waals surface area contributed by atoms with E-state index >= 15 is 0 Å². The number of rotatable bonds is 4. The monoisotopic (exact) mass is 282 g/mol. The van der Waals surface area contributed by atoms with Crippen LogP contribution in [0, 0.1) is 5.82 Å². The fourth-order valence-electron chi connectivity index (χ4n) is 1.78. The highest BCUT2D eigenvalue weighted by Gasteiger charge is 2.15. The van der Waals surface area contributed by atoms with Gasteiger partial charge in [-0.05, 0) is 30.3 Å². The number of aliphatic carboxylic acids is 1. The van der Waals surface area contributed by atoms with Crippen molar-refractivity contribution in [2.75, 3.05) is 0 Å². The van der Waals surface area contributed by atoms with Crippen molar-refractivity contribution in [3.63, 3.8) is 0 Å². The van der Waals surface area contributed by atoms with Crippen LogP contribution in [0.1, 0.15) is 25.0 Å². The van der Waals surface area contributed by atoms with Crippen LogP contribution < -0.4 is 0 Å². The number of carboxylic acid groups (broad SMARTS) is 1. The maximum absolute atomic E-state index is 13.1. The van der Waals surface area contributed by atoms with Gasteiger partial charge in [-0.25, -0.2) is 4.39 Å². The van der Waals surface area contributed by atoms with Crippen molar-refractivity contribution in [2.45, 2.75) is 19.3 Å². The molecule has 1 aromatic heterocycles. The number of carboxylic acids is 1. The Hall–Kier alpha value is -1.81. The predicted octanol–water partition coefficient (Wildman–Crippen LogP) is 4.32. The molecule has 0 bridgehead atoms. The van der Waals surface area contributed by atoms with Gasteiger partial charge >= 0.3 is 5.97 Å². The molecule has 2 rings (SSSR count). The smallest absolute Gasteiger partial charge is 0.304 e. The zero-order chi connectivity index (χ0) is 14.0. The minimum absolute atomic E-state index is 0.00285. The summed E-state index contributed by atoms with van der Waals surface area (Å²) >= 11 is 5.71. The van der Waals surface area contributed by atoms with E-state index in [1.165, 1.54) is 12.1 Å². The summed E-state index contributed by atoms with van der Waals surface area (Å²) in [6, 6.07) is 7.74. The number of hydrogen-bond acceptors (Lipinski definition) is 2. The van der Waals surface area contributed by atoms with Crippen molar-refractivity contribution in [3.05, 3.63) is 46.9 Å². The van der Waals surface area contributed by atoms with Crippen molar-refractivity contribution < 1.29 is 18.7 Å². The maximum atomic E-state index is 13.1. The molecule has 0 aliphatic rings. The van der Waals surface area contributed by atoms with Gasteiger partial charge in [0.1, 0.15) is 17.3 Å². The number of halogens is 2. The predicted molar refractivity (Wildman–Crippen MR) is 69.8 cm³/mol. The third kappa shape index (κ3) is 3.15. The van der Waals surface area contributed by atoms with Crippen LogP contribution in [0.25, 0.3) is 11.3 Å². The van der Waals surface area contributed by atoms with Crippen LogP contribution in [-0.2, 0) is 4.79 Å². The molecular formula is C14H12ClFO3. The van der Waals surface area contributed by atoms with Gasteiger partial charge in [0.2, 0.25) is 0 Å². The first-order valence-corrected chi connectivity index (χ1v) is 6.12. The summed E-state index contributed by atoms with van der Waals surface area (Å²) in [5.41, 5.74) is 0.653. The Morgan fingerprint density at radius 3 is 2.79 bits per heavy atom. The van der Waals surface area contributed by atoms with Crippen molar-refractivity contribution >= 4 is 17.6 Å². The summed E-state index contributed by atoms with van der Waals surface area (Å²) in [7, 11) is 0. The fourth-order valence-corrected chi connectivity index (χ4v) is 1.97. The van der Waals surface area contributed by atoms with E-state index < -0.39 is 11.8 Å². The first kappa shape index (κ1) is 13.6. The molecule has 19 heavy (non-hydrogen) atoms. The van der Waals surface area contributed by atoms with Crippen LogP contribution in [-0.4, -0.2) is 11.1 Å². The van der Waals surface area contributed by atoms with Crippen molar-refractivity contribution in [1.82, 2.24) is 0 Å². The molecule has 5 heteroatoms. The van der Waals surface area contributed by atoms with Gasteiger partial charge in [-0.3, -0.25) is 4.79 Å². The summed E-state index contributed by atoms with van der Waals surface area (Å²) in [6.07, 6.45) is -0.00285. The van der Waals surface area contributed by atoms with E-state index in [1.54, 1.807) is 25.1 Å². The van der Waals surface area contributed by atoms with Crippen molar-refractivity contribution in [3.8, 4) is 11.3 Å². The number of benzene rings is 1. The first-order chi connectivity index (χ1) is 8.97. The van der Waals surface area contributed by atoms with E-state index in [1.807, 2.05) is 0 Å². The topological polar surface area (TPSA) is 50.4 Å². The molecule has 0 fully saturated rings. The Morgan fingerprint density at radius 1 is 1.42 bits per heavy atom. The van der Waals surface area contributed by atoms with Gasteiger partial charge in [-0.2, -0.15) is 0 Å². The van der Waals surface area contributed by atoms with E-state index in [4.69, 9.17) is 21.1 Å². The molecule has 0 aliphatic heterocycles. The average molecular weight is 283 g/mol. The minimum atomic E-state index is -0.879. The number of furan rings is 1. The second-order valence-electron chi connectivity index (χ2n) is 4.33. The highest BCUT2D eigenvalue weighted by molar-refractivity contribution is 6.31. The van der Waals surface area contributed by atoms with Gasteiger partial charge in [0.15, 0.2) is 0 Å². The van der Waals surface area contributed by atoms with Crippen molar-refractivity contribution in [1.29, 1.82) is 0 Å². The van der Waals surface area contributed by atoms with Gasteiger partial charge in [0.25, 0.3) is 0 Å². The summed E-state index contributed by atoms with van der Waals surface area (Å²) in [5, 5.41) is 8.76. The zero-order valence-electron chi connectivity index (χ0n) is 10.2. The van der Waals surface area contributed by atoms with Gasteiger partial charge < -0.3 is 9.52 Å². The van der Waals surface area contributed by atoms with E-state index in [0.717, 1.165) is 0 Å². The molecular weight excluding hydrogens is 271 g/mol. The third-order valence-corrected chi connectivity index (χ3v) is 3.09. The Labute approximate surface area is 114 Å². The van der Waals surface area contributed by atoms with Crippen LogP contribution in [0.2, 0.25) is 5.02 Å². The van der Waals surface area contributed by atoms with Crippen LogP contribution in [0.4, 0.5) is 4.39 Å². The average Bonchev–Trinajstić information content (AvgIpc) is 2.81. The SMILES string of the molecule is CC(CC(=O)O)c1ccc(-c2ccc(F)c(Cl)c2)o1. The van der Waals surface area contributed by atoms with E-state index in [-0.39, 0.29) is 17.4 Å². The van der Waals surface area contributed by atoms with E-state index in [9.17, 15) is 9.18 Å². The molecule has 0 saturated heterocycles. The highest BCUT2D eigenvalue weighted by Crippen LogP contribution is 2.29. The Kier molecular flexibility index (Phi) is 3.90. The lowest BCUT2D eigenvalue weighted by atomic mass is 10.1. The van der Waals surface area contributed by atoms with Gasteiger partial charge in [0.05, 0.1) is 11.4 Å². The van der Waals surface area contributed by atoms with Gasteiger partial charge in [-0.1, -0.05) is 18.5 Å². The molecule has 0 radical (unpaired) electrons. The Bertz CT molecular complexity index is 606. The standard InChI is InChI=1S/C14H12ClFO3/c1-8(6-14(17)18)12-4-5-13(19-12)9-2-3-11(16)10(15)7-9/h2-5,7-8H,6H2,1H3,(H,17,18). The number of carbonyl (C=O) groups is 1. The molecule has 2 aromatic rings. The molecule has 0 amide bonds. The molecule has 0 saturated carbocycles. The van der Waals surface area contributed by atoms with Crippen LogP contribution >= 0.6 is 11.6 Å². The summed E-state index contributed by atoms with van der Waals surface area (Å²) < 4.78 is 18.6. The second kappa shape index (κ2) is 5.45.